The number of carbonyl (C=O) groups excluding carboxylic acids is 1. The van der Waals surface area contributed by atoms with Crippen LogP contribution in [0.1, 0.15) is 17.3 Å². The molecule has 3 aromatic rings. The van der Waals surface area contributed by atoms with Gasteiger partial charge in [0.25, 0.3) is 5.91 Å². The Kier molecular flexibility index (Phi) is 7.51. The van der Waals surface area contributed by atoms with E-state index in [4.69, 9.17) is 9.88 Å². The third-order valence-corrected chi connectivity index (χ3v) is 8.50. The zero-order valence-corrected chi connectivity index (χ0v) is 20.7. The van der Waals surface area contributed by atoms with E-state index in [0.717, 1.165) is 15.6 Å². The van der Waals surface area contributed by atoms with E-state index in [1.54, 1.807) is 10.6 Å². The van der Waals surface area contributed by atoms with E-state index in [-0.39, 0.29) is 15.4 Å². The Hall–Kier alpha value is -2.42. The first-order valence-corrected chi connectivity index (χ1v) is 13.6. The van der Waals surface area contributed by atoms with Gasteiger partial charge >= 0.3 is 0 Å². The highest BCUT2D eigenvalue weighted by molar-refractivity contribution is 7.89. The van der Waals surface area contributed by atoms with Crippen molar-refractivity contribution in [3.63, 3.8) is 0 Å². The van der Waals surface area contributed by atoms with Crippen LogP contribution in [0, 0.1) is 0 Å². The summed E-state index contributed by atoms with van der Waals surface area (Å²) < 4.78 is 56.7. The van der Waals surface area contributed by atoms with Crippen LogP contribution in [0.3, 0.4) is 0 Å². The lowest BCUT2D eigenvalue weighted by Gasteiger charge is -2.11. The molecule has 0 fully saturated rings. The third-order valence-electron chi connectivity index (χ3n) is 4.72. The molecule has 0 spiro atoms. The van der Waals surface area contributed by atoms with E-state index in [0.29, 0.717) is 34.8 Å². The van der Waals surface area contributed by atoms with Gasteiger partial charge in [-0.05, 0) is 49.4 Å². The molecule has 0 atom stereocenters. The van der Waals surface area contributed by atoms with E-state index in [1.807, 2.05) is 6.92 Å². The molecule has 0 radical (unpaired) electrons. The van der Waals surface area contributed by atoms with Crippen molar-refractivity contribution >= 4 is 47.5 Å². The predicted octanol–water partition coefficient (Wildman–Crippen LogP) is 1.38. The van der Waals surface area contributed by atoms with E-state index in [2.05, 4.69) is 4.99 Å². The first-order valence-electron chi connectivity index (χ1n) is 9.80. The maximum atomic E-state index is 12.8. The number of fused-ring (bicyclic) bond motifs is 1. The zero-order valence-electron chi connectivity index (χ0n) is 18.3. The Morgan fingerprint density at radius 2 is 1.73 bits per heavy atom. The molecular weight excluding hydrogens is 488 g/mol. The number of rotatable bonds is 8. The second-order valence-electron chi connectivity index (χ2n) is 7.14. The van der Waals surface area contributed by atoms with Gasteiger partial charge in [-0.1, -0.05) is 11.3 Å². The summed E-state index contributed by atoms with van der Waals surface area (Å²) in [4.78, 5) is 17.4. The van der Waals surface area contributed by atoms with Crippen LogP contribution in [0.2, 0.25) is 0 Å². The Morgan fingerprint density at radius 1 is 1.09 bits per heavy atom. The maximum Gasteiger partial charge on any atom is 0.279 e. The van der Waals surface area contributed by atoms with E-state index < -0.39 is 26.0 Å². The van der Waals surface area contributed by atoms with Gasteiger partial charge in [-0.25, -0.2) is 26.3 Å². The SMILES string of the molecule is CCOCCn1c(=NC(=O)c2ccc(S(=O)(=O)N(C)C)cc2)sc2cc(S(N)(=O)=O)ccc21. The fourth-order valence-electron chi connectivity index (χ4n) is 2.96. The lowest BCUT2D eigenvalue weighted by Crippen LogP contribution is -2.22. The zero-order chi connectivity index (χ0) is 24.4. The second-order valence-corrected chi connectivity index (χ2v) is 11.9. The van der Waals surface area contributed by atoms with Gasteiger partial charge in [-0.15, -0.1) is 0 Å². The van der Waals surface area contributed by atoms with Crippen molar-refractivity contribution in [2.24, 2.45) is 10.1 Å². The average molecular weight is 513 g/mol. The van der Waals surface area contributed by atoms with Crippen molar-refractivity contribution in [2.75, 3.05) is 27.3 Å². The highest BCUT2D eigenvalue weighted by Gasteiger charge is 2.18. The number of thiazole rings is 1. The Balaban J connectivity index is 2.05. The van der Waals surface area contributed by atoms with Crippen LogP contribution < -0.4 is 9.94 Å². The van der Waals surface area contributed by atoms with E-state index >= 15 is 0 Å². The van der Waals surface area contributed by atoms with E-state index in [9.17, 15) is 21.6 Å². The quantitative estimate of drug-likeness (QED) is 0.452. The highest BCUT2D eigenvalue weighted by atomic mass is 32.2. The van der Waals surface area contributed by atoms with Crippen LogP contribution in [0.4, 0.5) is 0 Å². The van der Waals surface area contributed by atoms with Gasteiger partial charge < -0.3 is 9.30 Å². The molecule has 0 unspecified atom stereocenters. The number of hydrogen-bond acceptors (Lipinski definition) is 7. The van der Waals surface area contributed by atoms with Crippen LogP contribution in [0.25, 0.3) is 10.2 Å². The summed E-state index contributed by atoms with van der Waals surface area (Å²) >= 11 is 1.14. The first-order chi connectivity index (χ1) is 15.4. The van der Waals surface area contributed by atoms with Gasteiger partial charge in [0.2, 0.25) is 20.0 Å². The molecule has 1 amide bonds. The Bertz CT molecular complexity index is 1450. The molecule has 0 saturated heterocycles. The molecule has 13 heteroatoms. The summed E-state index contributed by atoms with van der Waals surface area (Å²) in [5, 5.41) is 5.24. The summed E-state index contributed by atoms with van der Waals surface area (Å²) in [6.45, 7) is 3.15. The molecule has 33 heavy (non-hydrogen) atoms. The lowest BCUT2D eigenvalue weighted by molar-refractivity contribution is 0.0996. The van der Waals surface area contributed by atoms with Crippen molar-refractivity contribution in [3.8, 4) is 0 Å². The normalized spacial score (nSPS) is 13.2. The second kappa shape index (κ2) is 9.83. The Labute approximate surface area is 196 Å². The smallest absolute Gasteiger partial charge is 0.279 e. The fourth-order valence-corrected chi connectivity index (χ4v) is 5.57. The topological polar surface area (TPSA) is 141 Å². The summed E-state index contributed by atoms with van der Waals surface area (Å²) in [7, 11) is -4.65. The van der Waals surface area contributed by atoms with Crippen LogP contribution in [0.15, 0.2) is 57.2 Å². The third kappa shape index (κ3) is 5.57. The molecule has 10 nitrogen and oxygen atoms in total. The Morgan fingerprint density at radius 3 is 2.30 bits per heavy atom. The average Bonchev–Trinajstić information content (AvgIpc) is 3.09. The summed E-state index contributed by atoms with van der Waals surface area (Å²) in [6.07, 6.45) is 0. The molecule has 0 aliphatic carbocycles. The van der Waals surface area contributed by atoms with Crippen molar-refractivity contribution < 1.29 is 26.4 Å². The van der Waals surface area contributed by atoms with Crippen LogP contribution in [-0.2, 0) is 31.3 Å². The largest absolute Gasteiger partial charge is 0.380 e. The number of hydrogen-bond donors (Lipinski definition) is 1. The molecule has 178 valence electrons. The summed E-state index contributed by atoms with van der Waals surface area (Å²) in [6, 6.07) is 9.96. The molecule has 1 aromatic heterocycles. The van der Waals surface area contributed by atoms with Crippen molar-refractivity contribution in [3.05, 3.63) is 52.8 Å². The van der Waals surface area contributed by atoms with Crippen LogP contribution in [0.5, 0.6) is 0 Å². The molecular formula is C20H24N4O6S3. The minimum Gasteiger partial charge on any atom is -0.380 e. The number of aromatic nitrogens is 1. The number of benzene rings is 2. The molecule has 0 bridgehead atoms. The minimum absolute atomic E-state index is 0.0382. The number of carbonyl (C=O) groups is 1. The standard InChI is InChI=1S/C20H24N4O6S3/c1-4-30-12-11-24-17-10-9-16(32(21,26)27)13-18(17)31-20(24)22-19(25)14-5-7-15(8-6-14)33(28,29)23(2)3/h5-10,13H,4,11-12H2,1-3H3,(H2,21,26,27). The number of amides is 1. The fraction of sp³-hybridized carbons (Fsp3) is 0.300. The van der Waals surface area contributed by atoms with Crippen molar-refractivity contribution in [2.45, 2.75) is 23.3 Å². The molecule has 3 rings (SSSR count). The van der Waals surface area contributed by atoms with Crippen LogP contribution in [-0.4, -0.2) is 58.9 Å². The van der Waals surface area contributed by atoms with Gasteiger partial charge in [0.1, 0.15) is 0 Å². The molecule has 2 aromatic carbocycles. The van der Waals surface area contributed by atoms with Gasteiger partial charge in [0, 0.05) is 32.8 Å². The van der Waals surface area contributed by atoms with E-state index in [1.165, 1.54) is 50.5 Å². The first kappa shape index (κ1) is 25.2. The molecule has 0 aliphatic rings. The van der Waals surface area contributed by atoms with Gasteiger partial charge in [0.15, 0.2) is 4.80 Å². The number of ether oxygens (including phenoxy) is 1. The molecule has 0 saturated carbocycles. The number of sulfonamides is 2. The predicted molar refractivity (Wildman–Crippen MR) is 125 cm³/mol. The van der Waals surface area contributed by atoms with Crippen molar-refractivity contribution in [1.29, 1.82) is 0 Å². The van der Waals surface area contributed by atoms with Crippen LogP contribution >= 0.6 is 11.3 Å². The summed E-state index contributed by atoms with van der Waals surface area (Å²) in [5.74, 6) is -0.563. The van der Waals surface area contributed by atoms with Crippen molar-refractivity contribution in [1.82, 2.24) is 8.87 Å². The highest BCUT2D eigenvalue weighted by Crippen LogP contribution is 2.22. The lowest BCUT2D eigenvalue weighted by atomic mass is 10.2. The molecule has 2 N–H and O–H groups in total. The van der Waals surface area contributed by atoms with Gasteiger partial charge in [-0.3, -0.25) is 4.79 Å². The van der Waals surface area contributed by atoms with Gasteiger partial charge in [0.05, 0.1) is 26.6 Å². The minimum atomic E-state index is -3.88. The molecule has 1 heterocycles. The monoisotopic (exact) mass is 512 g/mol. The summed E-state index contributed by atoms with van der Waals surface area (Å²) in [5.41, 5.74) is 0.901. The number of nitrogens with zero attached hydrogens (tertiary/aromatic N) is 3. The molecule has 0 aliphatic heterocycles. The number of primary sulfonamides is 1. The maximum absolute atomic E-state index is 12.8. The van der Waals surface area contributed by atoms with Gasteiger partial charge in [-0.2, -0.15) is 4.99 Å². The number of nitrogens with two attached hydrogens (primary N) is 1.